The first-order valence-electron chi connectivity index (χ1n) is 6.64. The lowest BCUT2D eigenvalue weighted by molar-refractivity contribution is -0.127. The molecule has 0 saturated carbocycles. The number of halogens is 1. The van der Waals surface area contributed by atoms with E-state index in [0.29, 0.717) is 11.4 Å². The first-order chi connectivity index (χ1) is 10.6. The molecule has 1 unspecified atom stereocenters. The molecule has 1 N–H and O–H groups in total. The molecular formula is C15H13ClN2O4. The highest BCUT2D eigenvalue weighted by Crippen LogP contribution is 2.34. The monoisotopic (exact) mass is 320 g/mol. The Bertz CT molecular complexity index is 728. The molecule has 0 aliphatic carbocycles. The number of likely N-dealkylation sites (N-methyl/N-ethyl adjacent to an activating group) is 1. The average molecular weight is 321 g/mol. The van der Waals surface area contributed by atoms with Gasteiger partial charge in [0.1, 0.15) is 5.75 Å². The Hall–Kier alpha value is -2.47. The van der Waals surface area contributed by atoms with Crippen LogP contribution in [0.3, 0.4) is 0 Å². The minimum Gasteiger partial charge on any atom is -0.477 e. The van der Waals surface area contributed by atoms with E-state index in [1.165, 1.54) is 24.1 Å². The molecule has 2 amide bonds. The Balaban J connectivity index is 1.98. The summed E-state index contributed by atoms with van der Waals surface area (Å²) in [4.78, 5) is 25.9. The zero-order valence-electron chi connectivity index (χ0n) is 11.7. The number of benzene rings is 1. The zero-order valence-corrected chi connectivity index (χ0v) is 12.5. The van der Waals surface area contributed by atoms with Gasteiger partial charge in [0, 0.05) is 7.05 Å². The number of carbonyl (C=O) groups excluding carboxylic acids is 2. The summed E-state index contributed by atoms with van der Waals surface area (Å²) >= 11 is 5.72. The number of ether oxygens (including phenoxy) is 1. The van der Waals surface area contributed by atoms with Gasteiger partial charge in [-0.1, -0.05) is 12.1 Å². The quantitative estimate of drug-likeness (QED) is 0.919. The summed E-state index contributed by atoms with van der Waals surface area (Å²) < 4.78 is 10.8. The molecule has 6 nitrogen and oxygen atoms in total. The summed E-state index contributed by atoms with van der Waals surface area (Å²) in [6.07, 6.45) is -0.783. The smallest absolute Gasteiger partial charge is 0.294 e. The van der Waals surface area contributed by atoms with E-state index in [9.17, 15) is 9.59 Å². The number of hydrogen-bond acceptors (Lipinski definition) is 4. The van der Waals surface area contributed by atoms with Gasteiger partial charge in [-0.05, 0) is 35.9 Å². The first-order valence-corrected chi connectivity index (χ1v) is 7.02. The Labute approximate surface area is 131 Å². The highest BCUT2D eigenvalue weighted by atomic mass is 35.5. The van der Waals surface area contributed by atoms with Crippen LogP contribution in [0, 0.1) is 0 Å². The normalized spacial score (nSPS) is 16.6. The van der Waals surface area contributed by atoms with Crippen LogP contribution in [0.2, 0.25) is 5.22 Å². The second-order valence-electron chi connectivity index (χ2n) is 4.71. The van der Waals surface area contributed by atoms with Crippen LogP contribution < -0.4 is 15.0 Å². The van der Waals surface area contributed by atoms with Gasteiger partial charge in [0.25, 0.3) is 11.8 Å². The number of nitrogens with zero attached hydrogens (tertiary/aromatic N) is 1. The van der Waals surface area contributed by atoms with Crippen LogP contribution in [0.25, 0.3) is 0 Å². The van der Waals surface area contributed by atoms with Gasteiger partial charge in [-0.25, -0.2) is 0 Å². The molecule has 1 aromatic carbocycles. The molecule has 1 aromatic heterocycles. The lowest BCUT2D eigenvalue weighted by Gasteiger charge is -2.33. The summed E-state index contributed by atoms with van der Waals surface area (Å²) in [5.41, 5.74) is 0.583. The van der Waals surface area contributed by atoms with Crippen molar-refractivity contribution in [3.63, 3.8) is 0 Å². The molecule has 3 rings (SSSR count). The molecule has 114 valence electrons. The highest BCUT2D eigenvalue weighted by molar-refractivity contribution is 6.29. The fourth-order valence-corrected chi connectivity index (χ4v) is 2.43. The fraction of sp³-hybridized carbons (Fsp3) is 0.200. The second-order valence-corrected chi connectivity index (χ2v) is 5.08. The lowest BCUT2D eigenvalue weighted by atomic mass is 10.1. The Kier molecular flexibility index (Phi) is 3.77. The molecule has 22 heavy (non-hydrogen) atoms. The molecule has 2 aromatic rings. The summed E-state index contributed by atoms with van der Waals surface area (Å²) in [6, 6.07) is 10.0. The number of fused-ring (bicyclic) bond motifs is 1. The van der Waals surface area contributed by atoms with Gasteiger partial charge in [-0.3, -0.25) is 14.5 Å². The van der Waals surface area contributed by atoms with E-state index in [4.69, 9.17) is 20.8 Å². The fourth-order valence-electron chi connectivity index (χ4n) is 2.29. The van der Waals surface area contributed by atoms with Gasteiger partial charge in [-0.15, -0.1) is 0 Å². The van der Waals surface area contributed by atoms with Crippen LogP contribution in [0.4, 0.5) is 5.69 Å². The summed E-state index contributed by atoms with van der Waals surface area (Å²) in [5, 5.41) is 2.65. The predicted molar refractivity (Wildman–Crippen MR) is 80.3 cm³/mol. The van der Waals surface area contributed by atoms with Crippen molar-refractivity contribution in [2.75, 3.05) is 18.5 Å². The number of para-hydroxylation sites is 2. The Morgan fingerprint density at radius 2 is 2.05 bits per heavy atom. The van der Waals surface area contributed by atoms with Crippen LogP contribution in [-0.4, -0.2) is 31.5 Å². The van der Waals surface area contributed by atoms with E-state index in [1.807, 2.05) is 0 Å². The molecule has 7 heteroatoms. The molecule has 0 spiro atoms. The maximum absolute atomic E-state index is 12.6. The minimum absolute atomic E-state index is 0.0911. The summed E-state index contributed by atoms with van der Waals surface area (Å²) in [6.45, 7) is 0.0911. The average Bonchev–Trinajstić information content (AvgIpc) is 2.98. The van der Waals surface area contributed by atoms with Crippen molar-refractivity contribution in [3.05, 3.63) is 47.4 Å². The molecule has 2 heterocycles. The third kappa shape index (κ3) is 2.53. The van der Waals surface area contributed by atoms with Gasteiger partial charge in [0.2, 0.25) is 0 Å². The Morgan fingerprint density at radius 3 is 2.73 bits per heavy atom. The maximum Gasteiger partial charge on any atom is 0.294 e. The summed E-state index contributed by atoms with van der Waals surface area (Å²) in [7, 11) is 1.52. The molecule has 1 atom stereocenters. The number of hydrogen-bond donors (Lipinski definition) is 1. The van der Waals surface area contributed by atoms with Crippen LogP contribution in [0.15, 0.2) is 40.8 Å². The van der Waals surface area contributed by atoms with Crippen molar-refractivity contribution in [1.82, 2.24) is 5.32 Å². The highest BCUT2D eigenvalue weighted by Gasteiger charge is 2.34. The van der Waals surface area contributed by atoms with E-state index in [2.05, 4.69) is 5.32 Å². The van der Waals surface area contributed by atoms with E-state index in [-0.39, 0.29) is 29.3 Å². The molecule has 0 saturated heterocycles. The maximum atomic E-state index is 12.6. The van der Waals surface area contributed by atoms with Crippen molar-refractivity contribution in [3.8, 4) is 5.75 Å². The third-order valence-corrected chi connectivity index (χ3v) is 3.54. The molecule has 1 aliphatic heterocycles. The number of rotatable bonds is 2. The van der Waals surface area contributed by atoms with Gasteiger partial charge < -0.3 is 14.5 Å². The van der Waals surface area contributed by atoms with Crippen molar-refractivity contribution < 1.29 is 18.7 Å². The zero-order chi connectivity index (χ0) is 15.7. The molecule has 1 aliphatic rings. The van der Waals surface area contributed by atoms with E-state index in [1.54, 1.807) is 24.3 Å². The number of carbonyl (C=O) groups is 2. The Morgan fingerprint density at radius 1 is 1.27 bits per heavy atom. The lowest BCUT2D eigenvalue weighted by Crippen LogP contribution is -2.50. The van der Waals surface area contributed by atoms with Crippen molar-refractivity contribution in [1.29, 1.82) is 0 Å². The molecule has 0 radical (unpaired) electrons. The number of furan rings is 1. The number of anilines is 1. The van der Waals surface area contributed by atoms with Crippen LogP contribution >= 0.6 is 11.6 Å². The molecule has 0 fully saturated rings. The largest absolute Gasteiger partial charge is 0.477 e. The van der Waals surface area contributed by atoms with Crippen LogP contribution in [0.1, 0.15) is 10.6 Å². The van der Waals surface area contributed by atoms with Gasteiger partial charge in [0.15, 0.2) is 17.1 Å². The topological polar surface area (TPSA) is 71.8 Å². The predicted octanol–water partition coefficient (Wildman–Crippen LogP) is 2.09. The van der Waals surface area contributed by atoms with E-state index in [0.717, 1.165) is 0 Å². The van der Waals surface area contributed by atoms with Crippen molar-refractivity contribution >= 4 is 29.1 Å². The molecule has 0 bridgehead atoms. The van der Waals surface area contributed by atoms with Crippen molar-refractivity contribution in [2.45, 2.75) is 6.10 Å². The summed E-state index contributed by atoms with van der Waals surface area (Å²) in [5.74, 6) is -0.105. The molecular weight excluding hydrogens is 308 g/mol. The van der Waals surface area contributed by atoms with Crippen molar-refractivity contribution in [2.24, 2.45) is 0 Å². The standard InChI is InChI=1S/C15H13ClN2O4/c1-17-14(19)12-8-18(9-4-2-3-5-10(9)21-12)15(20)11-6-7-13(16)22-11/h2-7,12H,8H2,1H3,(H,17,19). The van der Waals surface area contributed by atoms with E-state index >= 15 is 0 Å². The van der Waals surface area contributed by atoms with Crippen LogP contribution in [0.5, 0.6) is 5.75 Å². The van der Waals surface area contributed by atoms with Gasteiger partial charge in [-0.2, -0.15) is 0 Å². The first kappa shape index (κ1) is 14.5. The van der Waals surface area contributed by atoms with Gasteiger partial charge in [0.05, 0.1) is 12.2 Å². The number of nitrogens with one attached hydrogen (secondary N) is 1. The van der Waals surface area contributed by atoms with Crippen LogP contribution in [-0.2, 0) is 4.79 Å². The SMILES string of the molecule is CNC(=O)C1CN(C(=O)c2ccc(Cl)o2)c2ccccc2O1. The third-order valence-electron chi connectivity index (χ3n) is 3.34. The van der Waals surface area contributed by atoms with E-state index < -0.39 is 6.10 Å². The minimum atomic E-state index is -0.783. The second kappa shape index (κ2) is 5.73. The van der Waals surface area contributed by atoms with Gasteiger partial charge >= 0.3 is 0 Å². The number of amides is 2.